The van der Waals surface area contributed by atoms with Crippen molar-refractivity contribution in [3.05, 3.63) is 71.9 Å². The Morgan fingerprint density at radius 3 is 2.39 bits per heavy atom. The maximum Gasteiger partial charge on any atom is 0.414 e. The number of methoxy groups -OCH3 is 1. The number of nitrogens with zero attached hydrogens (tertiary/aromatic N) is 5. The van der Waals surface area contributed by atoms with Crippen molar-refractivity contribution < 1.29 is 24.2 Å². The number of carbonyl (C=O) groups is 2. The van der Waals surface area contributed by atoms with Gasteiger partial charge in [0.2, 0.25) is 5.91 Å². The molecule has 3 aromatic rings. The van der Waals surface area contributed by atoms with E-state index >= 15 is 0 Å². The van der Waals surface area contributed by atoms with E-state index in [0.29, 0.717) is 51.1 Å². The number of benzene rings is 1. The van der Waals surface area contributed by atoms with Crippen molar-refractivity contribution in [2.24, 2.45) is 17.3 Å². The summed E-state index contributed by atoms with van der Waals surface area (Å²) < 4.78 is 13.0. The molecule has 3 heterocycles. The van der Waals surface area contributed by atoms with Gasteiger partial charge in [0.15, 0.2) is 0 Å². The molecule has 5 aliphatic rings. The highest BCUT2D eigenvalue weighted by molar-refractivity contribution is 5.95. The van der Waals surface area contributed by atoms with E-state index in [4.69, 9.17) is 14.5 Å². The van der Waals surface area contributed by atoms with Gasteiger partial charge in [-0.25, -0.2) is 9.78 Å². The van der Waals surface area contributed by atoms with Crippen LogP contribution in [-0.2, 0) is 14.9 Å². The summed E-state index contributed by atoms with van der Waals surface area (Å²) >= 11 is 0. The van der Waals surface area contributed by atoms with Crippen LogP contribution >= 0.6 is 0 Å². The summed E-state index contributed by atoms with van der Waals surface area (Å²) in [7, 11) is 1.73. The van der Waals surface area contributed by atoms with Crippen LogP contribution in [0.25, 0.3) is 11.1 Å². The van der Waals surface area contributed by atoms with Gasteiger partial charge in [0.05, 0.1) is 19.6 Å². The van der Waals surface area contributed by atoms with Gasteiger partial charge in [0, 0.05) is 62.1 Å². The minimum absolute atomic E-state index is 0.0545. The van der Waals surface area contributed by atoms with Crippen LogP contribution in [0, 0.1) is 24.2 Å². The molecule has 4 aliphatic carbocycles. The zero-order chi connectivity index (χ0) is 35.8. The SMILES string of the molecule is COc1ccc(C23CCC(CN(C(=O)C4CCC(=COC(=O)N5CC(CO)C5)CC4)c4cc(-c5cnn(C(C)C)c5)ccn4)(CC2)CC3)cc1C. The highest BCUT2D eigenvalue weighted by Gasteiger charge is 2.51. The van der Waals surface area contributed by atoms with Gasteiger partial charge < -0.3 is 19.5 Å². The third-order valence-electron chi connectivity index (χ3n) is 12.4. The third kappa shape index (κ3) is 7.16. The van der Waals surface area contributed by atoms with Gasteiger partial charge in [-0.3, -0.25) is 14.4 Å². The molecule has 4 saturated carbocycles. The number of aliphatic hydroxyl groups is 1. The summed E-state index contributed by atoms with van der Waals surface area (Å²) in [5.41, 5.74) is 5.93. The van der Waals surface area contributed by atoms with Gasteiger partial charge in [0.25, 0.3) is 0 Å². The second-order valence-electron chi connectivity index (χ2n) is 16.0. The number of pyridine rings is 1. The molecule has 2 aromatic heterocycles. The van der Waals surface area contributed by atoms with E-state index in [1.54, 1.807) is 18.3 Å². The number of anilines is 1. The molecule has 2 bridgehead atoms. The normalized spacial score (nSPS) is 24.7. The van der Waals surface area contributed by atoms with Crippen molar-refractivity contribution >= 4 is 17.8 Å². The number of fused-ring (bicyclic) bond motifs is 3. The van der Waals surface area contributed by atoms with E-state index in [1.165, 1.54) is 11.1 Å². The molecule has 1 saturated heterocycles. The van der Waals surface area contributed by atoms with Gasteiger partial charge in [-0.15, -0.1) is 0 Å². The maximum atomic E-state index is 14.7. The van der Waals surface area contributed by atoms with Crippen molar-refractivity contribution in [1.29, 1.82) is 0 Å². The molecule has 1 aromatic carbocycles. The van der Waals surface area contributed by atoms with Crippen LogP contribution in [0.1, 0.15) is 95.2 Å². The minimum Gasteiger partial charge on any atom is -0.496 e. The van der Waals surface area contributed by atoms with Gasteiger partial charge >= 0.3 is 6.09 Å². The van der Waals surface area contributed by atoms with E-state index in [2.05, 4.69) is 56.3 Å². The van der Waals surface area contributed by atoms with Crippen molar-refractivity contribution in [3.63, 3.8) is 0 Å². The molecule has 10 heteroatoms. The first-order chi connectivity index (χ1) is 24.6. The van der Waals surface area contributed by atoms with E-state index in [-0.39, 0.29) is 47.3 Å². The Balaban J connectivity index is 1.08. The number of allylic oxidation sites excluding steroid dienone is 1. The number of carbonyl (C=O) groups excluding carboxylic acids is 2. The first-order valence-corrected chi connectivity index (χ1v) is 18.8. The topological polar surface area (TPSA) is 110 Å². The fourth-order valence-electron chi connectivity index (χ4n) is 8.88. The predicted molar refractivity (Wildman–Crippen MR) is 196 cm³/mol. The monoisotopic (exact) mass is 695 g/mol. The third-order valence-corrected chi connectivity index (χ3v) is 12.4. The molecule has 0 unspecified atom stereocenters. The van der Waals surface area contributed by atoms with E-state index < -0.39 is 0 Å². The predicted octanol–water partition coefficient (Wildman–Crippen LogP) is 7.60. The molecule has 0 spiro atoms. The molecule has 10 nitrogen and oxygen atoms in total. The highest BCUT2D eigenvalue weighted by atomic mass is 16.5. The number of aryl methyl sites for hydroxylation is 1. The number of aliphatic hydroxyl groups excluding tert-OH is 1. The molecular weight excluding hydrogens is 642 g/mol. The molecule has 5 fully saturated rings. The first-order valence-electron chi connectivity index (χ1n) is 18.8. The van der Waals surface area contributed by atoms with E-state index in [1.807, 2.05) is 28.0 Å². The van der Waals surface area contributed by atoms with Crippen molar-refractivity contribution in [1.82, 2.24) is 19.7 Å². The molecule has 0 radical (unpaired) electrons. The second-order valence-corrected chi connectivity index (χ2v) is 16.0. The Morgan fingerprint density at radius 1 is 1.04 bits per heavy atom. The average Bonchev–Trinajstić information content (AvgIpc) is 3.65. The molecule has 2 amide bonds. The summed E-state index contributed by atoms with van der Waals surface area (Å²) in [6.45, 7) is 8.18. The number of amides is 2. The Hall–Kier alpha value is -4.18. The van der Waals surface area contributed by atoms with Crippen molar-refractivity contribution in [2.45, 2.75) is 96.4 Å². The van der Waals surface area contributed by atoms with Gasteiger partial charge in [0.1, 0.15) is 11.6 Å². The number of hydrogen-bond donors (Lipinski definition) is 1. The van der Waals surface area contributed by atoms with Gasteiger partial charge in [-0.05, 0) is 136 Å². The number of aromatic nitrogens is 3. The number of ether oxygens (including phenoxy) is 2. The molecule has 1 N–H and O–H groups in total. The number of likely N-dealkylation sites (tertiary alicyclic amines) is 1. The lowest BCUT2D eigenvalue weighted by molar-refractivity contribution is -0.123. The lowest BCUT2D eigenvalue weighted by atomic mass is 9.51. The summed E-state index contributed by atoms with van der Waals surface area (Å²) in [6.07, 6.45) is 16.5. The van der Waals surface area contributed by atoms with E-state index in [9.17, 15) is 14.7 Å². The largest absolute Gasteiger partial charge is 0.496 e. The number of hydrogen-bond acceptors (Lipinski definition) is 7. The van der Waals surface area contributed by atoms with Crippen LogP contribution in [-0.4, -0.2) is 70.1 Å². The molecular formula is C41H53N5O5. The minimum atomic E-state index is -0.369. The fraction of sp³-hybridized carbons (Fsp3) is 0.561. The maximum absolute atomic E-state index is 14.7. The van der Waals surface area contributed by atoms with Crippen molar-refractivity contribution in [3.8, 4) is 16.9 Å². The van der Waals surface area contributed by atoms with Crippen LogP contribution < -0.4 is 9.64 Å². The van der Waals surface area contributed by atoms with Gasteiger partial charge in [-0.2, -0.15) is 5.10 Å². The van der Waals surface area contributed by atoms with Crippen LogP contribution in [0.5, 0.6) is 5.75 Å². The van der Waals surface area contributed by atoms with Crippen LogP contribution in [0.4, 0.5) is 10.6 Å². The highest BCUT2D eigenvalue weighted by Crippen LogP contribution is 2.58. The fourth-order valence-corrected chi connectivity index (χ4v) is 8.88. The zero-order valence-corrected chi connectivity index (χ0v) is 30.6. The lowest BCUT2D eigenvalue weighted by Crippen LogP contribution is -2.52. The van der Waals surface area contributed by atoms with Gasteiger partial charge in [-0.1, -0.05) is 12.1 Å². The Morgan fingerprint density at radius 2 is 1.76 bits per heavy atom. The quantitative estimate of drug-likeness (QED) is 0.218. The Bertz CT molecular complexity index is 1740. The summed E-state index contributed by atoms with van der Waals surface area (Å²) in [4.78, 5) is 35.5. The van der Waals surface area contributed by atoms with Crippen LogP contribution in [0.3, 0.4) is 0 Å². The van der Waals surface area contributed by atoms with E-state index in [0.717, 1.165) is 61.0 Å². The standard InChI is InChI=1S/C41H53N5O5/c1-28(2)46-24-34(21-43-46)33-11-18-42-37(20-33)45(38(48)32-7-5-30(6-8-32)26-51-39(49)44-22-31(23-44)25-47)27-40-12-15-41(16-13-40,17-14-40)35-9-10-36(50-4)29(3)19-35/h9-11,18-21,24,26,28,31-32,47H,5-8,12-17,22-23,25,27H2,1-4H3. The Kier molecular flexibility index (Phi) is 9.98. The smallest absolute Gasteiger partial charge is 0.414 e. The van der Waals surface area contributed by atoms with Crippen molar-refractivity contribution in [2.75, 3.05) is 38.3 Å². The summed E-state index contributed by atoms with van der Waals surface area (Å²) in [5.74, 6) is 1.81. The molecule has 1 aliphatic heterocycles. The first kappa shape index (κ1) is 35.2. The summed E-state index contributed by atoms with van der Waals surface area (Å²) in [6, 6.07) is 11.0. The zero-order valence-electron chi connectivity index (χ0n) is 30.6. The average molecular weight is 696 g/mol. The Labute approximate surface area is 301 Å². The molecule has 51 heavy (non-hydrogen) atoms. The second kappa shape index (κ2) is 14.4. The number of rotatable bonds is 10. The lowest BCUT2D eigenvalue weighted by Gasteiger charge is -2.55. The summed E-state index contributed by atoms with van der Waals surface area (Å²) in [5, 5.41) is 13.8. The molecule has 8 rings (SSSR count). The molecule has 0 atom stereocenters. The molecule has 272 valence electrons. The van der Waals surface area contributed by atoms with Crippen LogP contribution in [0.2, 0.25) is 0 Å². The van der Waals surface area contributed by atoms with Crippen LogP contribution in [0.15, 0.2) is 60.8 Å².